The Morgan fingerprint density at radius 1 is 0.630 bits per heavy atom. The first-order chi connectivity index (χ1) is 12.6. The molecule has 0 aliphatic heterocycles. The molecular weight excluding hydrogens is 390 g/mol. The van der Waals surface area contributed by atoms with Crippen LogP contribution in [0.2, 0.25) is 0 Å². The first kappa shape index (κ1) is 44.6. The number of hydrogen-bond donors (Lipinski definition) is 1. The molecule has 148 valence electrons. The first-order valence-corrected chi connectivity index (χ1v) is 7.25. The summed E-state index contributed by atoms with van der Waals surface area (Å²) < 4.78 is 38.8. The van der Waals surface area contributed by atoms with Gasteiger partial charge in [-0.1, -0.05) is 18.2 Å². The molecule has 0 aromatic heterocycles. The van der Waals surface area contributed by atoms with Gasteiger partial charge in [0.25, 0.3) is 0 Å². The van der Waals surface area contributed by atoms with Crippen molar-refractivity contribution in [2.45, 2.75) is 27.7 Å². The number of para-hydroxylation sites is 1. The van der Waals surface area contributed by atoms with Crippen LogP contribution in [0.4, 0.5) is 0 Å². The second-order valence-electron chi connectivity index (χ2n) is 3.94. The molecule has 27 heavy (non-hydrogen) atoms. The minimum absolute atomic E-state index is 0. The largest absolute Gasteiger partial charge is 0 e. The molecule has 0 atom stereocenters. The zero-order chi connectivity index (χ0) is 22.4. The van der Waals surface area contributed by atoms with Gasteiger partial charge in [0.05, 0.1) is 26.2 Å². The zero-order valence-electron chi connectivity index (χ0n) is 16.1. The van der Waals surface area contributed by atoms with Crippen LogP contribution in [0, 0.1) is 33.3 Å². The minimum Gasteiger partial charge on any atom is 0 e. The third-order valence-electron chi connectivity index (χ3n) is 3.44. The molecule has 0 aliphatic carbocycles. The van der Waals surface area contributed by atoms with Crippen LogP contribution in [0.5, 0.6) is 5.75 Å². The Morgan fingerprint density at radius 3 is 0.926 bits per heavy atom. The summed E-state index contributed by atoms with van der Waals surface area (Å²) in [6.45, 7) is 36.7. The van der Waals surface area contributed by atoms with Crippen molar-refractivity contribution in [1.82, 2.24) is 0 Å². The van der Waals surface area contributed by atoms with Crippen LogP contribution in [-0.4, -0.2) is 35.8 Å². The SMILES string of the molecule is CC[N+](CC)(CC)CC.Oc1ccccc1.[C-]#[O+].[C-]#[O+].[C-]#[O+].[C-]#[O+].[C-]#[O+].[Cr]. The molecule has 0 radical (unpaired) electrons. The van der Waals surface area contributed by atoms with E-state index in [1.165, 1.54) is 30.7 Å². The Morgan fingerprint density at radius 2 is 0.852 bits per heavy atom. The second kappa shape index (κ2) is 49.6. The maximum absolute atomic E-state index is 8.63. The molecule has 0 saturated heterocycles. The number of phenolic OH excluding ortho intramolecular Hbond substituents is 1. The smallest absolute Gasteiger partial charge is 0 e. The van der Waals surface area contributed by atoms with E-state index in [1.54, 1.807) is 24.3 Å². The van der Waals surface area contributed by atoms with Crippen LogP contribution in [0.3, 0.4) is 0 Å². The summed E-state index contributed by atoms with van der Waals surface area (Å²) in [6.07, 6.45) is 0. The van der Waals surface area contributed by atoms with E-state index in [4.69, 9.17) is 28.4 Å². The van der Waals surface area contributed by atoms with Gasteiger partial charge in [-0.2, -0.15) is 0 Å². The van der Waals surface area contributed by atoms with Gasteiger partial charge in [0, 0.05) is 17.4 Å². The van der Waals surface area contributed by atoms with Gasteiger partial charge in [-0.25, -0.2) is 0 Å². The molecule has 0 spiro atoms. The van der Waals surface area contributed by atoms with Crippen molar-refractivity contribution in [1.29, 1.82) is 0 Å². The van der Waals surface area contributed by atoms with E-state index in [0.717, 1.165) is 0 Å². The molecule has 0 heterocycles. The molecular formula is C19H26CrNO6+. The molecule has 0 fully saturated rings. The van der Waals surface area contributed by atoms with Crippen molar-refractivity contribution in [2.75, 3.05) is 26.2 Å². The van der Waals surface area contributed by atoms with Crippen molar-refractivity contribution < 1.29 is 50.2 Å². The summed E-state index contributed by atoms with van der Waals surface area (Å²) in [5.41, 5.74) is 0. The number of hydrogen-bond acceptors (Lipinski definition) is 1. The summed E-state index contributed by atoms with van der Waals surface area (Å²) in [5, 5.41) is 8.63. The van der Waals surface area contributed by atoms with Crippen molar-refractivity contribution in [3.05, 3.63) is 63.6 Å². The summed E-state index contributed by atoms with van der Waals surface area (Å²) in [7, 11) is 0. The van der Waals surface area contributed by atoms with Gasteiger partial charge in [-0.3, -0.25) is 0 Å². The topological polar surface area (TPSA) is 120 Å². The number of quaternary nitrogens is 1. The van der Waals surface area contributed by atoms with Crippen molar-refractivity contribution in [3.8, 4) is 5.75 Å². The van der Waals surface area contributed by atoms with Crippen molar-refractivity contribution in [2.24, 2.45) is 0 Å². The zero-order valence-corrected chi connectivity index (χ0v) is 17.3. The average molecular weight is 416 g/mol. The fourth-order valence-electron chi connectivity index (χ4n) is 1.77. The molecule has 1 aromatic rings. The van der Waals surface area contributed by atoms with E-state index in [9.17, 15) is 0 Å². The minimum atomic E-state index is 0. The Balaban J connectivity index is -0.0000000398. The second-order valence-corrected chi connectivity index (χ2v) is 3.94. The maximum atomic E-state index is 8.63. The van der Waals surface area contributed by atoms with Crippen LogP contribution < -0.4 is 0 Å². The van der Waals surface area contributed by atoms with Gasteiger partial charge in [0.15, 0.2) is 0 Å². The Kier molecular flexibility index (Phi) is 81.9. The number of nitrogens with zero attached hydrogens (tertiary/aromatic N) is 1. The van der Waals surface area contributed by atoms with Crippen molar-refractivity contribution in [3.63, 3.8) is 0 Å². The monoisotopic (exact) mass is 416 g/mol. The predicted octanol–water partition coefficient (Wildman–Crippen LogP) is 3.08. The predicted molar refractivity (Wildman–Crippen MR) is 90.2 cm³/mol. The van der Waals surface area contributed by atoms with E-state index in [1.807, 2.05) is 6.07 Å². The van der Waals surface area contributed by atoms with E-state index < -0.39 is 0 Å². The van der Waals surface area contributed by atoms with Crippen LogP contribution >= 0.6 is 0 Å². The number of rotatable bonds is 4. The molecule has 0 saturated carbocycles. The van der Waals surface area contributed by atoms with Crippen LogP contribution in [-0.2, 0) is 40.6 Å². The fourth-order valence-corrected chi connectivity index (χ4v) is 1.77. The number of phenols is 1. The first-order valence-electron chi connectivity index (χ1n) is 7.25. The molecule has 7 nitrogen and oxygen atoms in total. The Labute approximate surface area is 173 Å². The molecule has 0 aliphatic rings. The van der Waals surface area contributed by atoms with E-state index >= 15 is 0 Å². The van der Waals surface area contributed by atoms with Gasteiger partial charge in [0.2, 0.25) is 0 Å². The van der Waals surface area contributed by atoms with Gasteiger partial charge in [-0.15, -0.1) is 0 Å². The third-order valence-corrected chi connectivity index (χ3v) is 3.44. The molecule has 8 heteroatoms. The van der Waals surface area contributed by atoms with Crippen LogP contribution in [0.25, 0.3) is 0 Å². The molecule has 1 rings (SSSR count). The number of aromatic hydroxyl groups is 1. The van der Waals surface area contributed by atoms with Gasteiger partial charge >= 0.3 is 56.5 Å². The van der Waals surface area contributed by atoms with Crippen molar-refractivity contribution >= 4 is 0 Å². The summed E-state index contributed by atoms with van der Waals surface area (Å²) in [4.78, 5) is 0. The molecule has 1 N–H and O–H groups in total. The maximum Gasteiger partial charge on any atom is 0 e. The van der Waals surface area contributed by atoms with E-state index in [-0.39, 0.29) is 17.4 Å². The normalized spacial score (nSPS) is 6.59. The quantitative estimate of drug-likeness (QED) is 0.453. The van der Waals surface area contributed by atoms with Gasteiger partial charge in [0.1, 0.15) is 5.75 Å². The van der Waals surface area contributed by atoms with Gasteiger partial charge in [-0.05, 0) is 39.8 Å². The number of benzene rings is 1. The molecule has 0 amide bonds. The van der Waals surface area contributed by atoms with Crippen LogP contribution in [0.15, 0.2) is 30.3 Å². The van der Waals surface area contributed by atoms with Gasteiger partial charge < -0.3 is 9.59 Å². The standard InChI is InChI=1S/C8H20N.C6H6O.5CO.Cr/c1-5-9(6-2,7-3)8-4;7-6-4-2-1-3-5-6;5*1-2;/h5-8H2,1-4H3;1-5,7H;;;;;;/q+1;;;;;;;. The van der Waals surface area contributed by atoms with E-state index in [0.29, 0.717) is 5.75 Å². The summed E-state index contributed by atoms with van der Waals surface area (Å²) in [6, 6.07) is 8.71. The molecule has 1 aromatic carbocycles. The van der Waals surface area contributed by atoms with E-state index in [2.05, 4.69) is 60.9 Å². The third kappa shape index (κ3) is 36.0. The molecule has 0 bridgehead atoms. The summed E-state index contributed by atoms with van der Waals surface area (Å²) >= 11 is 0. The summed E-state index contributed by atoms with van der Waals surface area (Å²) in [5.74, 6) is 0.322. The van der Waals surface area contributed by atoms with Crippen LogP contribution in [0.1, 0.15) is 27.7 Å². The average Bonchev–Trinajstić information content (AvgIpc) is 2.78. The molecule has 0 unspecified atom stereocenters. The Hall–Kier alpha value is -1.79. The fraction of sp³-hybridized carbons (Fsp3) is 0.421. The Bertz CT molecular complexity index is 398.